The molecule has 9 nitrogen and oxygen atoms in total. The fourth-order valence-corrected chi connectivity index (χ4v) is 3.67. The Kier molecular flexibility index (Phi) is 5.89. The van der Waals surface area contributed by atoms with Crippen molar-refractivity contribution in [2.75, 3.05) is 0 Å². The maximum atomic E-state index is 12.8. The Labute approximate surface area is 177 Å². The molecule has 3 aromatic heterocycles. The zero-order valence-electron chi connectivity index (χ0n) is 16.5. The van der Waals surface area contributed by atoms with Crippen molar-refractivity contribution in [3.63, 3.8) is 0 Å². The Hall–Kier alpha value is -3.07. The number of aromatic nitrogens is 5. The van der Waals surface area contributed by atoms with Crippen LogP contribution >= 0.6 is 11.6 Å². The lowest BCUT2D eigenvalue weighted by atomic mass is 10.2. The fraction of sp³-hybridized carbons (Fsp3) is 0.400. The molecule has 0 spiro atoms. The van der Waals surface area contributed by atoms with E-state index in [2.05, 4.69) is 20.1 Å². The van der Waals surface area contributed by atoms with Crippen LogP contribution in [0.2, 0.25) is 0 Å². The average molecular weight is 429 g/mol. The van der Waals surface area contributed by atoms with Crippen LogP contribution in [0, 0.1) is 0 Å². The van der Waals surface area contributed by atoms with Gasteiger partial charge in [0.05, 0.1) is 5.56 Å². The molecule has 0 saturated heterocycles. The molecule has 3 aromatic rings. The van der Waals surface area contributed by atoms with Gasteiger partial charge in [-0.1, -0.05) is 29.7 Å². The SMILES string of the molecule is CCCn1c2c(c(=O)n(CCCCc3nc(-c4ccccn4)no3)c1=O)CC(Cl)=N2. The standard InChI is InChI=1S/C20H21ClN6O3/c1-2-10-26-18-13(12-15(21)23-18)19(28)27(20(26)29)11-6-4-8-16-24-17(25-30-16)14-7-3-5-9-22-14/h3,5,7,9H,2,4,6,8,10-12H2,1H3. The van der Waals surface area contributed by atoms with Gasteiger partial charge in [0, 0.05) is 32.1 Å². The minimum absolute atomic E-state index is 0.276. The Morgan fingerprint density at radius 3 is 2.80 bits per heavy atom. The molecule has 1 aliphatic heterocycles. The molecule has 0 saturated carbocycles. The first kappa shape index (κ1) is 20.2. The van der Waals surface area contributed by atoms with Gasteiger partial charge in [0.15, 0.2) is 0 Å². The molecule has 0 bridgehead atoms. The van der Waals surface area contributed by atoms with Crippen LogP contribution < -0.4 is 11.2 Å². The van der Waals surface area contributed by atoms with Gasteiger partial charge >= 0.3 is 5.69 Å². The summed E-state index contributed by atoms with van der Waals surface area (Å²) in [5.74, 6) is 1.35. The van der Waals surface area contributed by atoms with E-state index >= 15 is 0 Å². The van der Waals surface area contributed by atoms with Crippen LogP contribution in [0.15, 0.2) is 43.5 Å². The molecule has 0 radical (unpaired) electrons. The highest BCUT2D eigenvalue weighted by Gasteiger charge is 2.24. The third-order valence-corrected chi connectivity index (χ3v) is 5.09. The number of pyridine rings is 1. The molecule has 0 fully saturated rings. The first-order valence-electron chi connectivity index (χ1n) is 9.92. The third kappa shape index (κ3) is 3.97. The Balaban J connectivity index is 1.43. The average Bonchev–Trinajstić information content (AvgIpc) is 3.38. The number of hydrogen-bond acceptors (Lipinski definition) is 7. The van der Waals surface area contributed by atoms with E-state index in [4.69, 9.17) is 16.1 Å². The van der Waals surface area contributed by atoms with Gasteiger partial charge < -0.3 is 4.52 Å². The van der Waals surface area contributed by atoms with Crippen LogP contribution in [0.1, 0.15) is 37.6 Å². The number of halogens is 1. The van der Waals surface area contributed by atoms with Crippen LogP contribution in [-0.4, -0.2) is 29.4 Å². The molecule has 10 heteroatoms. The van der Waals surface area contributed by atoms with E-state index in [0.717, 1.165) is 6.42 Å². The van der Waals surface area contributed by atoms with E-state index in [0.29, 0.717) is 66.3 Å². The molecule has 0 unspecified atom stereocenters. The van der Waals surface area contributed by atoms with Crippen molar-refractivity contribution in [1.29, 1.82) is 0 Å². The molecule has 1 aliphatic rings. The van der Waals surface area contributed by atoms with Crippen molar-refractivity contribution < 1.29 is 4.52 Å². The molecule has 0 amide bonds. The second kappa shape index (κ2) is 8.74. The third-order valence-electron chi connectivity index (χ3n) is 4.87. The number of hydrogen-bond donors (Lipinski definition) is 0. The largest absolute Gasteiger partial charge is 0.339 e. The summed E-state index contributed by atoms with van der Waals surface area (Å²) in [6, 6.07) is 5.49. The van der Waals surface area contributed by atoms with E-state index in [-0.39, 0.29) is 17.7 Å². The van der Waals surface area contributed by atoms with Gasteiger partial charge in [-0.2, -0.15) is 4.98 Å². The molecule has 4 rings (SSSR count). The van der Waals surface area contributed by atoms with Crippen molar-refractivity contribution >= 4 is 22.6 Å². The molecular weight excluding hydrogens is 408 g/mol. The normalized spacial score (nSPS) is 12.8. The highest BCUT2D eigenvalue weighted by atomic mass is 35.5. The van der Waals surface area contributed by atoms with E-state index in [9.17, 15) is 9.59 Å². The minimum atomic E-state index is -0.342. The highest BCUT2D eigenvalue weighted by Crippen LogP contribution is 2.24. The maximum absolute atomic E-state index is 12.8. The number of fused-ring (bicyclic) bond motifs is 1. The summed E-state index contributed by atoms with van der Waals surface area (Å²) in [5, 5.41) is 4.28. The molecule has 4 heterocycles. The lowest BCUT2D eigenvalue weighted by molar-refractivity contribution is 0.372. The molecular formula is C20H21ClN6O3. The van der Waals surface area contributed by atoms with E-state index in [1.165, 1.54) is 4.57 Å². The van der Waals surface area contributed by atoms with Crippen molar-refractivity contribution in [1.82, 2.24) is 24.3 Å². The van der Waals surface area contributed by atoms with E-state index in [1.54, 1.807) is 10.8 Å². The summed E-state index contributed by atoms with van der Waals surface area (Å²) in [7, 11) is 0. The quantitative estimate of drug-likeness (QED) is 0.510. The number of nitrogens with zero attached hydrogens (tertiary/aromatic N) is 6. The summed E-state index contributed by atoms with van der Waals surface area (Å²) in [5.41, 5.74) is 0.488. The van der Waals surface area contributed by atoms with Crippen LogP contribution in [0.5, 0.6) is 0 Å². The van der Waals surface area contributed by atoms with Gasteiger partial charge in [-0.3, -0.25) is 18.9 Å². The minimum Gasteiger partial charge on any atom is -0.339 e. The number of unbranched alkanes of at least 4 members (excludes halogenated alkanes) is 1. The van der Waals surface area contributed by atoms with Crippen molar-refractivity contribution in [2.24, 2.45) is 4.99 Å². The van der Waals surface area contributed by atoms with Gasteiger partial charge in [0.2, 0.25) is 11.7 Å². The second-order valence-corrected chi connectivity index (χ2v) is 7.48. The predicted molar refractivity (Wildman–Crippen MR) is 112 cm³/mol. The van der Waals surface area contributed by atoms with Gasteiger partial charge in [0.1, 0.15) is 16.7 Å². The van der Waals surface area contributed by atoms with Crippen LogP contribution in [0.3, 0.4) is 0 Å². The lowest BCUT2D eigenvalue weighted by Gasteiger charge is -2.13. The molecule has 0 N–H and O–H groups in total. The van der Waals surface area contributed by atoms with Crippen molar-refractivity contribution in [2.45, 2.75) is 52.1 Å². The Morgan fingerprint density at radius 1 is 1.17 bits per heavy atom. The van der Waals surface area contributed by atoms with Crippen LogP contribution in [0.4, 0.5) is 5.82 Å². The first-order chi connectivity index (χ1) is 14.6. The zero-order chi connectivity index (χ0) is 21.1. The zero-order valence-corrected chi connectivity index (χ0v) is 17.3. The Morgan fingerprint density at radius 2 is 2.03 bits per heavy atom. The van der Waals surface area contributed by atoms with E-state index < -0.39 is 0 Å². The smallest absolute Gasteiger partial charge is 0.332 e. The summed E-state index contributed by atoms with van der Waals surface area (Å²) in [6.45, 7) is 2.78. The van der Waals surface area contributed by atoms with Crippen molar-refractivity contribution in [3.8, 4) is 11.5 Å². The van der Waals surface area contributed by atoms with E-state index in [1.807, 2.05) is 25.1 Å². The Bertz CT molecular complexity index is 1200. The number of aryl methyl sites for hydroxylation is 1. The lowest BCUT2D eigenvalue weighted by Crippen LogP contribution is -2.41. The number of rotatable bonds is 8. The summed E-state index contributed by atoms with van der Waals surface area (Å²) in [6.07, 6.45) is 4.57. The van der Waals surface area contributed by atoms with Gasteiger partial charge in [-0.25, -0.2) is 9.79 Å². The van der Waals surface area contributed by atoms with Crippen LogP contribution in [0.25, 0.3) is 11.5 Å². The maximum Gasteiger partial charge on any atom is 0.332 e. The molecule has 0 atom stereocenters. The van der Waals surface area contributed by atoms with Crippen LogP contribution in [-0.2, 0) is 25.9 Å². The van der Waals surface area contributed by atoms with Crippen molar-refractivity contribution in [3.05, 3.63) is 56.7 Å². The topological polar surface area (TPSA) is 108 Å². The molecule has 0 aliphatic carbocycles. The molecule has 30 heavy (non-hydrogen) atoms. The molecule has 156 valence electrons. The summed E-state index contributed by atoms with van der Waals surface area (Å²) >= 11 is 6.03. The van der Waals surface area contributed by atoms with Gasteiger partial charge in [-0.15, -0.1) is 0 Å². The van der Waals surface area contributed by atoms with Gasteiger partial charge in [0.25, 0.3) is 5.56 Å². The fourth-order valence-electron chi connectivity index (χ4n) is 3.45. The highest BCUT2D eigenvalue weighted by molar-refractivity contribution is 6.66. The monoisotopic (exact) mass is 428 g/mol. The summed E-state index contributed by atoms with van der Waals surface area (Å²) < 4.78 is 8.11. The predicted octanol–water partition coefficient (Wildman–Crippen LogP) is 2.71. The molecule has 0 aromatic carbocycles. The second-order valence-electron chi connectivity index (χ2n) is 7.04. The number of aliphatic imine (C=N–C) groups is 1. The first-order valence-corrected chi connectivity index (χ1v) is 10.3. The van der Waals surface area contributed by atoms with Gasteiger partial charge in [-0.05, 0) is 31.4 Å². The summed E-state index contributed by atoms with van der Waals surface area (Å²) in [4.78, 5) is 38.4.